The van der Waals surface area contributed by atoms with Crippen molar-refractivity contribution in [1.29, 1.82) is 0 Å². The van der Waals surface area contributed by atoms with Crippen LogP contribution in [-0.4, -0.2) is 24.6 Å². The number of nitro groups is 1. The Hall–Kier alpha value is -1.63. The summed E-state index contributed by atoms with van der Waals surface area (Å²) in [7, 11) is 1.23. The van der Waals surface area contributed by atoms with Gasteiger partial charge in [-0.2, -0.15) is 0 Å². The maximum absolute atomic E-state index is 10.8. The second-order valence-electron chi connectivity index (χ2n) is 2.77. The standard InChI is InChI=1S/C9H8BrNO5/c1-15-9(12)5-16-8-3-6(10)2-7(4-8)11(13)14/h2-4H,5H2,1H3. The Balaban J connectivity index is 2.80. The number of nitrogens with zero attached hydrogens (tertiary/aromatic N) is 1. The number of ether oxygens (including phenoxy) is 2. The summed E-state index contributed by atoms with van der Waals surface area (Å²) >= 11 is 3.10. The van der Waals surface area contributed by atoms with Crippen molar-refractivity contribution in [1.82, 2.24) is 0 Å². The minimum Gasteiger partial charge on any atom is -0.482 e. The molecule has 1 rings (SSSR count). The number of nitro benzene ring substituents is 1. The Morgan fingerprint density at radius 3 is 2.75 bits per heavy atom. The molecule has 0 amide bonds. The largest absolute Gasteiger partial charge is 0.482 e. The quantitative estimate of drug-likeness (QED) is 0.481. The third-order valence-corrected chi connectivity index (χ3v) is 2.11. The Morgan fingerprint density at radius 2 is 2.19 bits per heavy atom. The van der Waals surface area contributed by atoms with Gasteiger partial charge in [-0.1, -0.05) is 15.9 Å². The molecule has 1 aromatic rings. The number of hydrogen-bond donors (Lipinski definition) is 0. The van der Waals surface area contributed by atoms with E-state index < -0.39 is 10.9 Å². The van der Waals surface area contributed by atoms with Crippen LogP contribution in [0.3, 0.4) is 0 Å². The number of carbonyl (C=O) groups excluding carboxylic acids is 1. The Labute approximate surface area is 99.4 Å². The average Bonchev–Trinajstić information content (AvgIpc) is 2.25. The van der Waals surface area contributed by atoms with E-state index in [-0.39, 0.29) is 18.0 Å². The molecular formula is C9H8BrNO5. The summed E-state index contributed by atoms with van der Waals surface area (Å²) in [6.07, 6.45) is 0. The van der Waals surface area contributed by atoms with Crippen LogP contribution in [0.25, 0.3) is 0 Å². The molecule has 16 heavy (non-hydrogen) atoms. The first-order valence-electron chi connectivity index (χ1n) is 4.17. The predicted octanol–water partition coefficient (Wildman–Crippen LogP) is 1.91. The molecule has 0 bridgehead atoms. The van der Waals surface area contributed by atoms with Crippen molar-refractivity contribution in [2.45, 2.75) is 0 Å². The van der Waals surface area contributed by atoms with Crippen LogP contribution < -0.4 is 4.74 Å². The van der Waals surface area contributed by atoms with Crippen LogP contribution in [0.4, 0.5) is 5.69 Å². The Morgan fingerprint density at radius 1 is 1.50 bits per heavy atom. The van der Waals surface area contributed by atoms with Crippen LogP contribution in [0.1, 0.15) is 0 Å². The smallest absolute Gasteiger partial charge is 0.343 e. The van der Waals surface area contributed by atoms with E-state index in [0.717, 1.165) is 0 Å². The molecule has 0 unspecified atom stereocenters. The second kappa shape index (κ2) is 5.45. The molecule has 0 atom stereocenters. The van der Waals surface area contributed by atoms with E-state index in [9.17, 15) is 14.9 Å². The van der Waals surface area contributed by atoms with E-state index in [1.54, 1.807) is 0 Å². The van der Waals surface area contributed by atoms with Gasteiger partial charge in [-0.25, -0.2) is 4.79 Å². The number of halogens is 1. The highest BCUT2D eigenvalue weighted by molar-refractivity contribution is 9.10. The molecule has 1 aromatic carbocycles. The van der Waals surface area contributed by atoms with Crippen LogP contribution in [-0.2, 0) is 9.53 Å². The molecule has 0 aliphatic carbocycles. The van der Waals surface area contributed by atoms with Crippen LogP contribution in [0.5, 0.6) is 5.75 Å². The van der Waals surface area contributed by atoms with Crippen LogP contribution in [0, 0.1) is 10.1 Å². The number of hydrogen-bond acceptors (Lipinski definition) is 5. The minimum absolute atomic E-state index is 0.116. The monoisotopic (exact) mass is 289 g/mol. The lowest BCUT2D eigenvalue weighted by Gasteiger charge is -2.04. The summed E-state index contributed by atoms with van der Waals surface area (Å²) in [4.78, 5) is 20.8. The van der Waals surface area contributed by atoms with Gasteiger partial charge in [0.05, 0.1) is 18.1 Å². The SMILES string of the molecule is COC(=O)COc1cc(Br)cc([N+](=O)[O-])c1. The van der Waals surface area contributed by atoms with Gasteiger partial charge in [0.2, 0.25) is 0 Å². The van der Waals surface area contributed by atoms with E-state index in [1.165, 1.54) is 25.3 Å². The molecule has 0 aliphatic rings. The van der Waals surface area contributed by atoms with Gasteiger partial charge in [0.25, 0.3) is 5.69 Å². The van der Waals surface area contributed by atoms with E-state index in [0.29, 0.717) is 4.47 Å². The van der Waals surface area contributed by atoms with Crippen molar-refractivity contribution >= 4 is 27.6 Å². The van der Waals surface area contributed by atoms with Crippen molar-refractivity contribution in [3.63, 3.8) is 0 Å². The highest BCUT2D eigenvalue weighted by Gasteiger charge is 2.10. The van der Waals surface area contributed by atoms with E-state index in [2.05, 4.69) is 20.7 Å². The third kappa shape index (κ3) is 3.50. The zero-order valence-corrected chi connectivity index (χ0v) is 9.89. The van der Waals surface area contributed by atoms with Gasteiger partial charge in [0.1, 0.15) is 5.75 Å². The topological polar surface area (TPSA) is 78.7 Å². The Kier molecular flexibility index (Phi) is 4.24. The zero-order chi connectivity index (χ0) is 12.1. The van der Waals surface area contributed by atoms with Crippen molar-refractivity contribution in [3.8, 4) is 5.75 Å². The average molecular weight is 290 g/mol. The predicted molar refractivity (Wildman–Crippen MR) is 58.3 cm³/mol. The molecule has 0 fully saturated rings. The second-order valence-corrected chi connectivity index (χ2v) is 3.68. The summed E-state index contributed by atoms with van der Waals surface area (Å²) in [6, 6.07) is 4.09. The lowest BCUT2D eigenvalue weighted by molar-refractivity contribution is -0.385. The zero-order valence-electron chi connectivity index (χ0n) is 8.31. The summed E-state index contributed by atoms with van der Waals surface area (Å²) < 4.78 is 9.89. The molecular weight excluding hydrogens is 282 g/mol. The highest BCUT2D eigenvalue weighted by Crippen LogP contribution is 2.25. The number of benzene rings is 1. The Bertz CT molecular complexity index is 420. The molecule has 0 saturated carbocycles. The summed E-state index contributed by atoms with van der Waals surface area (Å²) in [5, 5.41) is 10.5. The van der Waals surface area contributed by atoms with Gasteiger partial charge in [0.15, 0.2) is 6.61 Å². The van der Waals surface area contributed by atoms with E-state index in [1.807, 2.05) is 0 Å². The number of rotatable bonds is 4. The van der Waals surface area contributed by atoms with Crippen LogP contribution in [0.2, 0.25) is 0 Å². The fraction of sp³-hybridized carbons (Fsp3) is 0.222. The van der Waals surface area contributed by atoms with Gasteiger partial charge in [-0.05, 0) is 6.07 Å². The molecule has 0 radical (unpaired) electrons. The van der Waals surface area contributed by atoms with E-state index in [4.69, 9.17) is 4.74 Å². The summed E-state index contributed by atoms with van der Waals surface area (Å²) in [6.45, 7) is -0.288. The first-order chi connectivity index (χ1) is 7.52. The van der Waals surface area contributed by atoms with Crippen LogP contribution >= 0.6 is 15.9 Å². The maximum Gasteiger partial charge on any atom is 0.343 e. The molecule has 0 aliphatic heterocycles. The number of methoxy groups -OCH3 is 1. The van der Waals surface area contributed by atoms with Crippen molar-refractivity contribution < 1.29 is 19.2 Å². The number of non-ortho nitro benzene ring substituents is 1. The van der Waals surface area contributed by atoms with Crippen molar-refractivity contribution in [3.05, 3.63) is 32.8 Å². The number of esters is 1. The summed E-state index contributed by atoms with van der Waals surface area (Å²) in [5.74, 6) is -0.325. The molecule has 0 spiro atoms. The summed E-state index contributed by atoms with van der Waals surface area (Å²) in [5.41, 5.74) is -0.116. The third-order valence-electron chi connectivity index (χ3n) is 1.65. The van der Waals surface area contributed by atoms with Crippen LogP contribution in [0.15, 0.2) is 22.7 Å². The van der Waals surface area contributed by atoms with Gasteiger partial charge < -0.3 is 9.47 Å². The lowest BCUT2D eigenvalue weighted by Crippen LogP contribution is -2.12. The fourth-order valence-corrected chi connectivity index (χ4v) is 1.40. The van der Waals surface area contributed by atoms with Crippen molar-refractivity contribution in [2.24, 2.45) is 0 Å². The van der Waals surface area contributed by atoms with Gasteiger partial charge in [-0.15, -0.1) is 0 Å². The van der Waals surface area contributed by atoms with Gasteiger partial charge in [0, 0.05) is 10.5 Å². The fourth-order valence-electron chi connectivity index (χ4n) is 0.938. The first-order valence-corrected chi connectivity index (χ1v) is 4.97. The molecule has 86 valence electrons. The number of carbonyl (C=O) groups is 1. The maximum atomic E-state index is 10.8. The molecule has 0 aromatic heterocycles. The molecule has 0 heterocycles. The minimum atomic E-state index is -0.553. The highest BCUT2D eigenvalue weighted by atomic mass is 79.9. The first kappa shape index (κ1) is 12.4. The van der Waals surface area contributed by atoms with Gasteiger partial charge >= 0.3 is 5.97 Å². The van der Waals surface area contributed by atoms with Crippen molar-refractivity contribution in [2.75, 3.05) is 13.7 Å². The molecule has 0 saturated heterocycles. The molecule has 0 N–H and O–H groups in total. The molecule has 7 heteroatoms. The lowest BCUT2D eigenvalue weighted by atomic mass is 10.3. The normalized spacial score (nSPS) is 9.62. The van der Waals surface area contributed by atoms with E-state index >= 15 is 0 Å². The molecule has 6 nitrogen and oxygen atoms in total. The van der Waals surface area contributed by atoms with Gasteiger partial charge in [-0.3, -0.25) is 10.1 Å².